The van der Waals surface area contributed by atoms with Gasteiger partial charge in [-0.2, -0.15) is 0 Å². The predicted octanol–water partition coefficient (Wildman–Crippen LogP) is 5.50. The molecule has 2 aromatic carbocycles. The van der Waals surface area contributed by atoms with Crippen LogP contribution in [0.4, 0.5) is 5.69 Å². The molecule has 284 valence electrons. The number of nitrogens with zero attached hydrogens (tertiary/aromatic N) is 4. The number of methoxy groups -OCH3 is 2. The maximum absolute atomic E-state index is 14.9. The van der Waals surface area contributed by atoms with Gasteiger partial charge in [-0.15, -0.1) is 9.46 Å². The number of aliphatic hydroxyl groups excluding tert-OH is 1. The molecule has 1 fully saturated rings. The molecule has 2 aliphatic heterocycles. The van der Waals surface area contributed by atoms with Gasteiger partial charge in [-0.1, -0.05) is 36.7 Å². The Morgan fingerprint density at radius 3 is 2.70 bits per heavy atom. The van der Waals surface area contributed by atoms with Crippen molar-refractivity contribution in [1.29, 1.82) is 0 Å². The van der Waals surface area contributed by atoms with Gasteiger partial charge >= 0.3 is 0 Å². The molecule has 3 aromatic rings. The zero-order valence-electron chi connectivity index (χ0n) is 30.8. The molecule has 2 aliphatic carbocycles. The number of hydrogen-bond acceptors (Lipinski definition) is 9. The Labute approximate surface area is 316 Å². The number of anilines is 1. The quantitative estimate of drug-likeness (QED) is 0.329. The Balaban J connectivity index is 1.34. The highest BCUT2D eigenvalue weighted by molar-refractivity contribution is 7.93. The van der Waals surface area contributed by atoms with Crippen molar-refractivity contribution < 1.29 is 33.1 Å². The zero-order chi connectivity index (χ0) is 37.7. The molecule has 1 saturated carbocycles. The molecule has 4 aliphatic rings. The Bertz CT molecular complexity index is 2060. The highest BCUT2D eigenvalue weighted by Crippen LogP contribution is 2.47. The van der Waals surface area contributed by atoms with Crippen molar-refractivity contribution in [3.05, 3.63) is 82.0 Å². The number of benzene rings is 2. The van der Waals surface area contributed by atoms with E-state index < -0.39 is 39.0 Å². The zero-order valence-corrected chi connectivity index (χ0v) is 32.4. The summed E-state index contributed by atoms with van der Waals surface area (Å²) in [6.45, 7) is 5.15. The molecule has 3 heterocycles. The van der Waals surface area contributed by atoms with E-state index in [4.69, 9.17) is 25.8 Å². The minimum Gasteiger partial charge on any atom is -0.490 e. The highest BCUT2D eigenvalue weighted by Gasteiger charge is 2.45. The summed E-state index contributed by atoms with van der Waals surface area (Å²) < 4.78 is 41.1. The van der Waals surface area contributed by atoms with Crippen LogP contribution >= 0.6 is 11.6 Å². The smallest absolute Gasteiger partial charge is 0.286 e. The number of aromatic nitrogens is 2. The molecule has 1 spiro atoms. The van der Waals surface area contributed by atoms with Crippen LogP contribution in [0.15, 0.2) is 59.1 Å². The molecule has 12 nitrogen and oxygen atoms in total. The van der Waals surface area contributed by atoms with Crippen molar-refractivity contribution in [2.45, 2.75) is 68.8 Å². The second-order valence-electron chi connectivity index (χ2n) is 15.1. The van der Waals surface area contributed by atoms with Crippen LogP contribution in [-0.4, -0.2) is 82.3 Å². The fourth-order valence-electron chi connectivity index (χ4n) is 8.48. The second kappa shape index (κ2) is 14.7. The summed E-state index contributed by atoms with van der Waals surface area (Å²) in [6.07, 6.45) is 8.52. The molecule has 8 atom stereocenters. The lowest BCUT2D eigenvalue weighted by Gasteiger charge is -2.46. The van der Waals surface area contributed by atoms with Crippen molar-refractivity contribution >= 4 is 39.0 Å². The second-order valence-corrected chi connectivity index (χ2v) is 17.8. The largest absolute Gasteiger partial charge is 0.490 e. The maximum Gasteiger partial charge on any atom is 0.286 e. The molecule has 53 heavy (non-hydrogen) atoms. The van der Waals surface area contributed by atoms with Gasteiger partial charge in [0, 0.05) is 55.4 Å². The van der Waals surface area contributed by atoms with Gasteiger partial charge in [0.2, 0.25) is 5.88 Å². The van der Waals surface area contributed by atoms with Gasteiger partial charge in [-0.25, -0.2) is 4.21 Å². The number of nitrogens with one attached hydrogen (secondary N) is 1. The Kier molecular flexibility index (Phi) is 10.4. The molecular weight excluding hydrogens is 718 g/mol. The summed E-state index contributed by atoms with van der Waals surface area (Å²) in [5.41, 5.74) is 3.16. The fourth-order valence-corrected chi connectivity index (χ4v) is 10.5. The normalized spacial score (nSPS) is 31.9. The summed E-state index contributed by atoms with van der Waals surface area (Å²) >= 11 is 6.46. The molecule has 8 unspecified atom stereocenters. The average Bonchev–Trinajstić information content (AvgIpc) is 3.45. The van der Waals surface area contributed by atoms with Gasteiger partial charge in [-0.3, -0.25) is 19.0 Å². The predicted molar refractivity (Wildman–Crippen MR) is 203 cm³/mol. The number of rotatable bonds is 4. The summed E-state index contributed by atoms with van der Waals surface area (Å²) in [7, 11) is 0.819. The number of amides is 2. The molecule has 2 amide bonds. The van der Waals surface area contributed by atoms with Gasteiger partial charge in [0.1, 0.15) is 21.2 Å². The van der Waals surface area contributed by atoms with Crippen LogP contribution in [0.5, 0.6) is 11.6 Å². The minimum atomic E-state index is -3.87. The molecule has 0 saturated heterocycles. The van der Waals surface area contributed by atoms with E-state index in [-0.39, 0.29) is 40.4 Å². The van der Waals surface area contributed by atoms with Crippen molar-refractivity contribution in [2.75, 3.05) is 38.8 Å². The van der Waals surface area contributed by atoms with Gasteiger partial charge in [0.25, 0.3) is 11.8 Å². The van der Waals surface area contributed by atoms with Crippen molar-refractivity contribution in [3.8, 4) is 11.6 Å². The van der Waals surface area contributed by atoms with Crippen molar-refractivity contribution in [3.63, 3.8) is 0 Å². The summed E-state index contributed by atoms with van der Waals surface area (Å²) in [6, 6.07) is 11.3. The number of aryl methyl sites for hydroxylation is 2. The molecule has 7 rings (SSSR count). The van der Waals surface area contributed by atoms with E-state index in [1.54, 1.807) is 52.3 Å². The van der Waals surface area contributed by atoms with Crippen LogP contribution < -0.4 is 19.1 Å². The highest BCUT2D eigenvalue weighted by atomic mass is 35.5. The van der Waals surface area contributed by atoms with Crippen LogP contribution in [0.3, 0.4) is 0 Å². The van der Waals surface area contributed by atoms with Crippen LogP contribution in [0.2, 0.25) is 5.02 Å². The standard InChI is InChI=1S/C39H48ClN5O7S/c1-23-24(2)53(49,43-37(48)30-20-44(3)41-38(30)51-5)42-36(47)26-9-14-35-32(18-26)45(19-27-8-11-29(27)34(50-4)15-13-33(23)46)21-39(22-52-35)16-6-7-25-17-28(40)10-12-31(25)39/h9-10,12-15,17-18,20,23-24,27,29,33-34,46H,6-8,11,16,19,21-22H2,1-5H3,(H,42,43,47,48,49)/b15-13+. The number of fused-ring (bicyclic) bond motifs is 4. The summed E-state index contributed by atoms with van der Waals surface area (Å²) in [5.74, 6) is -1.05. The average molecular weight is 766 g/mol. The first kappa shape index (κ1) is 37.4. The topological polar surface area (TPSA) is 145 Å². The van der Waals surface area contributed by atoms with Crippen LogP contribution in [0.25, 0.3) is 0 Å². The third-order valence-corrected chi connectivity index (χ3v) is 14.5. The lowest BCUT2D eigenvalue weighted by atomic mass is 9.68. The van der Waals surface area contributed by atoms with Crippen molar-refractivity contribution in [2.24, 2.45) is 29.2 Å². The molecule has 0 radical (unpaired) electrons. The number of aliphatic hydroxyl groups is 1. The van der Waals surface area contributed by atoms with E-state index in [1.807, 2.05) is 12.1 Å². The molecule has 2 N–H and O–H groups in total. The molecule has 1 aromatic heterocycles. The van der Waals surface area contributed by atoms with E-state index in [1.165, 1.54) is 29.1 Å². The molecule has 2 bridgehead atoms. The van der Waals surface area contributed by atoms with Crippen LogP contribution in [0.1, 0.15) is 71.4 Å². The number of ether oxygens (including phenoxy) is 3. The number of carbonyl (C=O) groups is 2. The van der Waals surface area contributed by atoms with Gasteiger partial charge in [0.05, 0.1) is 36.9 Å². The Hall–Kier alpha value is -3.91. The first-order valence-electron chi connectivity index (χ1n) is 18.2. The lowest BCUT2D eigenvalue weighted by molar-refractivity contribution is 0.0124. The SMILES string of the molecule is COc1nn(C)cc1C(=O)NS1(=O)=NC(=O)c2ccc3c(c2)N(CC2CCC2C(OC)/C=C/C(O)C(C)C1C)CC1(CCCc2cc(Cl)ccc21)CO3. The van der Waals surface area contributed by atoms with E-state index in [0.29, 0.717) is 30.5 Å². The van der Waals surface area contributed by atoms with Crippen LogP contribution in [-0.2, 0) is 33.5 Å². The van der Waals surface area contributed by atoms with Gasteiger partial charge in [0.15, 0.2) is 0 Å². The lowest BCUT2D eigenvalue weighted by Crippen LogP contribution is -2.49. The summed E-state index contributed by atoms with van der Waals surface area (Å²) in [5, 5.41) is 15.3. The maximum atomic E-state index is 14.9. The number of halogens is 1. The number of hydrogen-bond donors (Lipinski definition) is 2. The van der Waals surface area contributed by atoms with Gasteiger partial charge in [-0.05, 0) is 92.3 Å². The number of carbonyl (C=O) groups excluding carboxylic acids is 2. The monoisotopic (exact) mass is 765 g/mol. The van der Waals surface area contributed by atoms with E-state index >= 15 is 0 Å². The fraction of sp³-hybridized carbons (Fsp3) is 0.513. The third kappa shape index (κ3) is 7.08. The third-order valence-electron chi connectivity index (χ3n) is 11.9. The first-order valence-corrected chi connectivity index (χ1v) is 20.2. The van der Waals surface area contributed by atoms with Crippen LogP contribution in [0, 0.1) is 17.8 Å². The van der Waals surface area contributed by atoms with Crippen molar-refractivity contribution in [1.82, 2.24) is 14.5 Å². The molecular formula is C39H48ClN5O7S. The first-order chi connectivity index (χ1) is 25.3. The summed E-state index contributed by atoms with van der Waals surface area (Å²) in [4.78, 5) is 30.2. The van der Waals surface area contributed by atoms with E-state index in [0.717, 1.165) is 37.8 Å². The van der Waals surface area contributed by atoms with E-state index in [9.17, 15) is 18.9 Å². The Morgan fingerprint density at radius 1 is 1.15 bits per heavy atom. The van der Waals surface area contributed by atoms with E-state index in [2.05, 4.69) is 31.2 Å². The van der Waals surface area contributed by atoms with Gasteiger partial charge < -0.3 is 24.2 Å². The Morgan fingerprint density at radius 2 is 1.96 bits per heavy atom. The molecule has 14 heteroatoms. The minimum absolute atomic E-state index is 0.0309.